The van der Waals surface area contributed by atoms with E-state index in [-0.39, 0.29) is 0 Å². The first-order valence-corrected chi connectivity index (χ1v) is 9.05. The van der Waals surface area contributed by atoms with E-state index in [1.165, 1.54) is 5.01 Å². The Morgan fingerprint density at radius 2 is 2.19 bits per heavy atom. The number of aliphatic carboxylic acids is 1. The maximum absolute atomic E-state index is 10.6. The van der Waals surface area contributed by atoms with Gasteiger partial charge in [-0.15, -0.1) is 17.9 Å². The molecule has 2 aliphatic heterocycles. The van der Waals surface area contributed by atoms with Gasteiger partial charge in [0.15, 0.2) is 0 Å². The third-order valence-electron chi connectivity index (χ3n) is 4.20. The molecule has 0 aliphatic carbocycles. The Morgan fingerprint density at radius 1 is 1.46 bits per heavy atom. The molecular formula is C16H22F3N3O3S. The zero-order valence-corrected chi connectivity index (χ0v) is 15.0. The lowest BCUT2D eigenvalue weighted by atomic mass is 10.1. The molecular weight excluding hydrogens is 371 g/mol. The Morgan fingerprint density at radius 3 is 2.77 bits per heavy atom. The van der Waals surface area contributed by atoms with Crippen molar-refractivity contribution in [1.29, 1.82) is 0 Å². The van der Waals surface area contributed by atoms with Crippen molar-refractivity contribution in [2.45, 2.75) is 31.3 Å². The predicted molar refractivity (Wildman–Crippen MR) is 91.0 cm³/mol. The minimum atomic E-state index is -5.08. The molecule has 1 aromatic heterocycles. The number of ether oxygens (including phenoxy) is 1. The third kappa shape index (κ3) is 6.35. The van der Waals surface area contributed by atoms with E-state index >= 15 is 0 Å². The molecule has 1 aromatic rings. The van der Waals surface area contributed by atoms with Gasteiger partial charge >= 0.3 is 12.1 Å². The van der Waals surface area contributed by atoms with Gasteiger partial charge in [0.05, 0.1) is 19.3 Å². The average Bonchev–Trinajstić information content (AvgIpc) is 3.21. The van der Waals surface area contributed by atoms with Gasteiger partial charge < -0.3 is 9.84 Å². The molecule has 2 saturated heterocycles. The predicted octanol–water partition coefficient (Wildman–Crippen LogP) is 2.24. The van der Waals surface area contributed by atoms with Crippen LogP contribution < -0.4 is 0 Å². The van der Waals surface area contributed by atoms with Crippen molar-refractivity contribution in [1.82, 2.24) is 14.8 Å². The molecule has 0 aromatic carbocycles. The summed E-state index contributed by atoms with van der Waals surface area (Å²) in [5.41, 5.74) is 0. The van der Waals surface area contributed by atoms with Crippen LogP contribution in [0.3, 0.4) is 0 Å². The molecule has 146 valence electrons. The zero-order chi connectivity index (χ0) is 19.2. The maximum atomic E-state index is 10.6. The second kappa shape index (κ2) is 9.45. The van der Waals surface area contributed by atoms with E-state index in [4.69, 9.17) is 14.6 Å². The lowest BCUT2D eigenvalue weighted by molar-refractivity contribution is -0.192. The van der Waals surface area contributed by atoms with Crippen LogP contribution in [-0.4, -0.2) is 77.0 Å². The highest BCUT2D eigenvalue weighted by Gasteiger charge is 2.38. The summed E-state index contributed by atoms with van der Waals surface area (Å²) in [5.74, 6) is -2.76. The summed E-state index contributed by atoms with van der Waals surface area (Å²) in [7, 11) is 0. The number of hydrogen-bond donors (Lipinski definition) is 1. The highest BCUT2D eigenvalue weighted by atomic mass is 32.1. The first-order chi connectivity index (χ1) is 12.3. The second-order valence-electron chi connectivity index (χ2n) is 6.09. The molecule has 2 unspecified atom stereocenters. The van der Waals surface area contributed by atoms with Crippen LogP contribution in [-0.2, 0) is 16.1 Å². The molecule has 6 nitrogen and oxygen atoms in total. The van der Waals surface area contributed by atoms with Crippen molar-refractivity contribution >= 4 is 17.3 Å². The molecule has 0 amide bonds. The van der Waals surface area contributed by atoms with Crippen molar-refractivity contribution in [3.8, 4) is 0 Å². The molecule has 2 aliphatic rings. The van der Waals surface area contributed by atoms with Crippen LogP contribution in [0.1, 0.15) is 11.4 Å². The van der Waals surface area contributed by atoms with Crippen molar-refractivity contribution in [2.24, 2.45) is 0 Å². The minimum absolute atomic E-state index is 0.391. The fourth-order valence-corrected chi connectivity index (χ4v) is 3.71. The maximum Gasteiger partial charge on any atom is 0.490 e. The molecule has 0 bridgehead atoms. The fraction of sp³-hybridized carbons (Fsp3) is 0.625. The number of carboxylic acids is 1. The zero-order valence-electron chi connectivity index (χ0n) is 14.2. The van der Waals surface area contributed by atoms with Crippen LogP contribution in [0.25, 0.3) is 0 Å². The molecule has 3 heterocycles. The highest BCUT2D eigenvalue weighted by molar-refractivity contribution is 7.09. The second-order valence-corrected chi connectivity index (χ2v) is 7.07. The Hall–Kier alpha value is -1.49. The first kappa shape index (κ1) is 20.8. The Balaban J connectivity index is 0.000000298. The van der Waals surface area contributed by atoms with E-state index in [9.17, 15) is 13.2 Å². The van der Waals surface area contributed by atoms with Gasteiger partial charge in [-0.05, 0) is 6.42 Å². The number of alkyl halides is 3. The normalized spacial score (nSPS) is 23.8. The molecule has 0 saturated carbocycles. The summed E-state index contributed by atoms with van der Waals surface area (Å²) < 4.78 is 37.5. The number of hydrogen-bond acceptors (Lipinski definition) is 6. The molecule has 3 rings (SSSR count). The molecule has 26 heavy (non-hydrogen) atoms. The van der Waals surface area contributed by atoms with Crippen LogP contribution in [0.2, 0.25) is 0 Å². The average molecular weight is 393 g/mol. The minimum Gasteiger partial charge on any atom is -0.475 e. The van der Waals surface area contributed by atoms with Crippen molar-refractivity contribution in [3.63, 3.8) is 0 Å². The smallest absolute Gasteiger partial charge is 0.475 e. The van der Waals surface area contributed by atoms with Crippen molar-refractivity contribution in [2.75, 3.05) is 32.8 Å². The summed E-state index contributed by atoms with van der Waals surface area (Å²) >= 11 is 1.75. The van der Waals surface area contributed by atoms with Gasteiger partial charge in [-0.25, -0.2) is 9.78 Å². The number of thiazole rings is 1. The quantitative estimate of drug-likeness (QED) is 0.774. The fourth-order valence-electron chi connectivity index (χ4n) is 3.05. The Bertz CT molecular complexity index is 583. The van der Waals surface area contributed by atoms with E-state index in [1.54, 1.807) is 11.3 Å². The number of piperazine rings is 1. The molecule has 1 N–H and O–H groups in total. The van der Waals surface area contributed by atoms with E-state index in [1.807, 2.05) is 12.3 Å². The van der Waals surface area contributed by atoms with E-state index in [2.05, 4.69) is 26.7 Å². The number of fused-ring (bicyclic) bond motifs is 1. The number of nitrogens with zero attached hydrogens (tertiary/aromatic N) is 3. The number of rotatable bonds is 5. The van der Waals surface area contributed by atoms with Gasteiger partial charge in [-0.3, -0.25) is 9.80 Å². The SMILES string of the molecule is C=CCOC1CC2CN(Cc3nccs3)CCN2C1.O=C(O)C(F)(F)F. The molecule has 2 atom stereocenters. The standard InChI is InChI=1S/C14H21N3OS.C2HF3O2/c1-2-6-18-13-8-12-9-16(4-5-17(12)10-13)11-14-15-3-7-19-14;3-2(4,5)1(6)7/h2-3,7,12-13H,1,4-6,8-11H2;(H,6,7). The van der Waals surface area contributed by atoms with Crippen molar-refractivity contribution < 1.29 is 27.8 Å². The largest absolute Gasteiger partial charge is 0.490 e. The monoisotopic (exact) mass is 393 g/mol. The van der Waals surface area contributed by atoms with Crippen LogP contribution in [0.5, 0.6) is 0 Å². The Kier molecular flexibility index (Phi) is 7.56. The van der Waals surface area contributed by atoms with Crippen LogP contribution in [0.15, 0.2) is 24.2 Å². The summed E-state index contributed by atoms with van der Waals surface area (Å²) in [6, 6.07) is 0.656. The Labute approximate surface area is 153 Å². The molecule has 0 radical (unpaired) electrons. The van der Waals surface area contributed by atoms with Crippen molar-refractivity contribution in [3.05, 3.63) is 29.2 Å². The summed E-state index contributed by atoms with van der Waals surface area (Å²) in [6.45, 7) is 9.92. The van der Waals surface area contributed by atoms with Gasteiger partial charge in [-0.2, -0.15) is 13.2 Å². The number of carboxylic acid groups (broad SMARTS) is 1. The topological polar surface area (TPSA) is 65.9 Å². The molecule has 0 spiro atoms. The van der Waals surface area contributed by atoms with Gasteiger partial charge in [0.1, 0.15) is 5.01 Å². The summed E-state index contributed by atoms with van der Waals surface area (Å²) in [5, 5.41) is 10.4. The van der Waals surface area contributed by atoms with Gasteiger partial charge in [0, 0.05) is 43.8 Å². The lowest BCUT2D eigenvalue weighted by Crippen LogP contribution is -2.49. The molecule has 10 heteroatoms. The van der Waals surface area contributed by atoms with Gasteiger partial charge in [0.25, 0.3) is 0 Å². The summed E-state index contributed by atoms with van der Waals surface area (Å²) in [4.78, 5) is 18.4. The van der Waals surface area contributed by atoms with Crippen LogP contribution in [0, 0.1) is 0 Å². The number of carbonyl (C=O) groups is 1. The first-order valence-electron chi connectivity index (χ1n) is 8.17. The van der Waals surface area contributed by atoms with E-state index in [0.29, 0.717) is 18.8 Å². The number of aromatic nitrogens is 1. The van der Waals surface area contributed by atoms with E-state index in [0.717, 1.165) is 39.1 Å². The third-order valence-corrected chi connectivity index (χ3v) is 4.96. The number of halogens is 3. The lowest BCUT2D eigenvalue weighted by Gasteiger charge is -2.36. The molecule has 2 fully saturated rings. The summed E-state index contributed by atoms with van der Waals surface area (Å²) in [6.07, 6.45) is 0.196. The van der Waals surface area contributed by atoms with E-state index < -0.39 is 12.1 Å². The van der Waals surface area contributed by atoms with Crippen LogP contribution >= 0.6 is 11.3 Å². The van der Waals surface area contributed by atoms with Crippen LogP contribution in [0.4, 0.5) is 13.2 Å². The van der Waals surface area contributed by atoms with Gasteiger partial charge in [0.2, 0.25) is 0 Å². The van der Waals surface area contributed by atoms with Gasteiger partial charge in [-0.1, -0.05) is 6.08 Å². The highest BCUT2D eigenvalue weighted by Crippen LogP contribution is 2.25.